The van der Waals surface area contributed by atoms with Crippen molar-refractivity contribution >= 4 is 17.5 Å². The lowest BCUT2D eigenvalue weighted by Crippen LogP contribution is -2.48. The van der Waals surface area contributed by atoms with Crippen LogP contribution in [0.15, 0.2) is 46.0 Å². The third-order valence-corrected chi connectivity index (χ3v) is 5.09. The van der Waals surface area contributed by atoms with Crippen molar-refractivity contribution in [2.24, 2.45) is 9.98 Å². The molecule has 0 unspecified atom stereocenters. The van der Waals surface area contributed by atoms with Crippen LogP contribution >= 0.6 is 0 Å². The van der Waals surface area contributed by atoms with Crippen LogP contribution in [0.25, 0.3) is 0 Å². The molecule has 0 spiro atoms. The minimum atomic E-state index is 0. The number of hydrogen-bond donors (Lipinski definition) is 1. The molecule has 0 aromatic heterocycles. The van der Waals surface area contributed by atoms with E-state index in [1.807, 2.05) is 52.0 Å². The van der Waals surface area contributed by atoms with E-state index in [2.05, 4.69) is 32.0 Å². The number of nitrogens with one attached hydrogen (secondary N) is 1. The van der Waals surface area contributed by atoms with E-state index < -0.39 is 0 Å². The number of nitrogens with zero attached hydrogens (tertiary/aromatic N) is 4. The Balaban J connectivity index is 0.00000194. The van der Waals surface area contributed by atoms with E-state index in [1.54, 1.807) is 20.2 Å². The Labute approximate surface area is 201 Å². The molecule has 0 bridgehead atoms. The number of ether oxygens (including phenoxy) is 1. The number of likely N-dealkylation sites (N-methyl/N-ethyl adjacent to an activating group) is 1. The predicted octanol–water partition coefficient (Wildman–Crippen LogP) is 4.24. The monoisotopic (exact) mass is 459 g/mol. The van der Waals surface area contributed by atoms with Gasteiger partial charge in [0.15, 0.2) is 11.6 Å². The minimum Gasteiger partial charge on any atom is -0.497 e. The maximum absolute atomic E-state index is 12.2. The zero-order chi connectivity index (χ0) is 23.9. The van der Waals surface area contributed by atoms with Crippen LogP contribution in [0.3, 0.4) is 0 Å². The Morgan fingerprint density at radius 1 is 1.03 bits per heavy atom. The highest BCUT2D eigenvalue weighted by Gasteiger charge is 2.21. The number of carbonyl (C=O) groups is 1. The van der Waals surface area contributed by atoms with E-state index in [9.17, 15) is 4.79 Å². The summed E-state index contributed by atoms with van der Waals surface area (Å²) in [4.78, 5) is 26.0. The van der Waals surface area contributed by atoms with Crippen molar-refractivity contribution in [1.29, 1.82) is 0 Å². The second kappa shape index (κ2) is 17.0. The topological polar surface area (TPSA) is 69.5 Å². The van der Waals surface area contributed by atoms with Crippen molar-refractivity contribution in [3.05, 3.63) is 41.6 Å². The molecule has 1 aromatic carbocycles. The smallest absolute Gasteiger partial charge is 0.164 e. The predicted molar refractivity (Wildman–Crippen MR) is 142 cm³/mol. The van der Waals surface area contributed by atoms with E-state index >= 15 is 0 Å². The highest BCUT2D eigenvalue weighted by molar-refractivity contribution is 6.14. The van der Waals surface area contributed by atoms with Crippen LogP contribution in [-0.2, 0) is 4.79 Å². The molecular weight excluding hydrogens is 414 g/mol. The van der Waals surface area contributed by atoms with E-state index in [1.165, 1.54) is 0 Å². The van der Waals surface area contributed by atoms with E-state index in [0.717, 1.165) is 56.3 Å². The van der Waals surface area contributed by atoms with Crippen molar-refractivity contribution in [3.63, 3.8) is 0 Å². The molecule has 7 heteroatoms. The van der Waals surface area contributed by atoms with Gasteiger partial charge in [-0.25, -0.2) is 4.99 Å². The molecule has 1 saturated heterocycles. The summed E-state index contributed by atoms with van der Waals surface area (Å²) >= 11 is 0. The van der Waals surface area contributed by atoms with Gasteiger partial charge in [0.05, 0.1) is 13.5 Å². The number of rotatable bonds is 5. The maximum Gasteiger partial charge on any atom is 0.164 e. The fraction of sp³-hybridized carbons (Fsp3) is 0.577. The Morgan fingerprint density at radius 3 is 2.12 bits per heavy atom. The Kier molecular flexibility index (Phi) is 15.7. The van der Waals surface area contributed by atoms with Gasteiger partial charge in [-0.1, -0.05) is 42.0 Å². The third-order valence-electron chi connectivity index (χ3n) is 5.09. The molecule has 1 N–H and O–H groups in total. The normalized spacial score (nSPS) is 18.0. The first kappa shape index (κ1) is 30.5. The Morgan fingerprint density at radius 2 is 1.61 bits per heavy atom. The van der Waals surface area contributed by atoms with Gasteiger partial charge in [-0.15, -0.1) is 0 Å². The molecule has 0 aliphatic carbocycles. The largest absolute Gasteiger partial charge is 0.497 e. The summed E-state index contributed by atoms with van der Waals surface area (Å²) < 4.78 is 5.20. The number of ketones is 1. The number of piperazine rings is 1. The van der Waals surface area contributed by atoms with Crippen LogP contribution in [0.4, 0.5) is 0 Å². The van der Waals surface area contributed by atoms with Crippen molar-refractivity contribution in [3.8, 4) is 5.75 Å². The van der Waals surface area contributed by atoms with Gasteiger partial charge in [0.25, 0.3) is 0 Å². The van der Waals surface area contributed by atoms with Gasteiger partial charge in [-0.05, 0) is 30.8 Å². The van der Waals surface area contributed by atoms with Gasteiger partial charge < -0.3 is 15.0 Å². The van der Waals surface area contributed by atoms with E-state index in [-0.39, 0.29) is 19.6 Å². The molecule has 0 saturated carbocycles. The molecule has 0 atom stereocenters. The van der Waals surface area contributed by atoms with Gasteiger partial charge in [-0.3, -0.25) is 14.7 Å². The second-order valence-electron chi connectivity index (χ2n) is 6.98. The van der Waals surface area contributed by atoms with Crippen molar-refractivity contribution < 1.29 is 9.53 Å². The molecule has 33 heavy (non-hydrogen) atoms. The standard InChI is InChI=1S/C21H29N5O2.2C2H6.CH4/c1-4-25-9-11-26(12-10-25)15-17-13-18(27)14-20(23-17)24-21(22-2)16-5-7-19(28-3)8-6-16;2*1-2;/h5-8,13H,4,9-12,14-15H2,1-3H3,(H,22,23,24);2*1-2H3;1H4. The molecular formula is C26H45N5O2. The van der Waals surface area contributed by atoms with Gasteiger partial charge >= 0.3 is 0 Å². The zero-order valence-corrected chi connectivity index (χ0v) is 20.9. The van der Waals surface area contributed by atoms with Gasteiger partial charge in [-0.2, -0.15) is 0 Å². The van der Waals surface area contributed by atoms with Gasteiger partial charge in [0.1, 0.15) is 11.6 Å². The highest BCUT2D eigenvalue weighted by atomic mass is 16.5. The molecule has 0 amide bonds. The van der Waals surface area contributed by atoms with Gasteiger partial charge in [0.2, 0.25) is 0 Å². The number of amidine groups is 2. The lowest BCUT2D eigenvalue weighted by atomic mass is 10.1. The summed E-state index contributed by atoms with van der Waals surface area (Å²) in [5.41, 5.74) is 1.79. The molecule has 2 aliphatic heterocycles. The van der Waals surface area contributed by atoms with Crippen LogP contribution in [0.2, 0.25) is 0 Å². The highest BCUT2D eigenvalue weighted by Crippen LogP contribution is 2.14. The third kappa shape index (κ3) is 9.88. The van der Waals surface area contributed by atoms with Crippen LogP contribution in [0.1, 0.15) is 54.0 Å². The number of methoxy groups -OCH3 is 1. The molecule has 1 fully saturated rings. The van der Waals surface area contributed by atoms with Crippen molar-refractivity contribution in [2.75, 3.05) is 53.4 Å². The average Bonchev–Trinajstić information content (AvgIpc) is 2.85. The van der Waals surface area contributed by atoms with Gasteiger partial charge in [0, 0.05) is 57.1 Å². The Bertz CT molecular complexity index is 776. The summed E-state index contributed by atoms with van der Waals surface area (Å²) in [5.74, 6) is 2.10. The average molecular weight is 460 g/mol. The molecule has 1 aromatic rings. The number of carbonyl (C=O) groups excluding carboxylic acids is 1. The fourth-order valence-corrected chi connectivity index (χ4v) is 3.44. The lowest BCUT2D eigenvalue weighted by Gasteiger charge is -2.35. The maximum atomic E-state index is 12.2. The van der Waals surface area contributed by atoms with Crippen LogP contribution in [0, 0.1) is 0 Å². The van der Waals surface area contributed by atoms with Crippen LogP contribution in [-0.4, -0.2) is 80.7 Å². The number of benzene rings is 1. The lowest BCUT2D eigenvalue weighted by molar-refractivity contribution is -0.113. The van der Waals surface area contributed by atoms with E-state index in [0.29, 0.717) is 11.7 Å². The quantitative estimate of drug-likeness (QED) is 0.527. The summed E-state index contributed by atoms with van der Waals surface area (Å²) in [5, 5.41) is 3.34. The second-order valence-corrected chi connectivity index (χ2v) is 6.98. The van der Waals surface area contributed by atoms with E-state index in [4.69, 9.17) is 4.74 Å². The van der Waals surface area contributed by atoms with Crippen molar-refractivity contribution in [2.45, 2.75) is 48.5 Å². The molecule has 186 valence electrons. The molecule has 0 radical (unpaired) electrons. The summed E-state index contributed by atoms with van der Waals surface area (Å²) in [6.45, 7) is 16.2. The zero-order valence-electron chi connectivity index (χ0n) is 20.9. The fourth-order valence-electron chi connectivity index (χ4n) is 3.44. The first-order chi connectivity index (χ1) is 15.6. The summed E-state index contributed by atoms with van der Waals surface area (Å²) in [6, 6.07) is 7.59. The number of hydrogen-bond acceptors (Lipinski definition) is 5. The number of aliphatic imine (C=N–C) groups is 2. The Hall–Kier alpha value is -2.51. The summed E-state index contributed by atoms with van der Waals surface area (Å²) in [7, 11) is 3.34. The molecule has 2 aliphatic rings. The first-order valence-electron chi connectivity index (χ1n) is 11.7. The van der Waals surface area contributed by atoms with Crippen molar-refractivity contribution in [1.82, 2.24) is 15.1 Å². The molecule has 3 rings (SSSR count). The summed E-state index contributed by atoms with van der Waals surface area (Å²) in [6.07, 6.45) is 1.98. The first-order valence-corrected chi connectivity index (χ1v) is 11.7. The SMILES string of the molecule is C.CC.CC.CCN1CCN(CC2=CC(=O)CC(=NC(=NC)c3ccc(OC)cc3)N2)CC1. The molecule has 2 heterocycles. The van der Waals surface area contributed by atoms with Crippen LogP contribution in [0.5, 0.6) is 5.75 Å². The number of allylic oxidation sites excluding steroid dienone is 1. The minimum absolute atomic E-state index is 0. The molecule has 7 nitrogen and oxygen atoms in total. The van der Waals surface area contributed by atoms with Crippen LogP contribution < -0.4 is 10.1 Å².